The minimum absolute atomic E-state index is 0.0987. The molecule has 0 saturated heterocycles. The summed E-state index contributed by atoms with van der Waals surface area (Å²) in [6, 6.07) is 23.5. The third-order valence-electron chi connectivity index (χ3n) is 4.83. The lowest BCUT2D eigenvalue weighted by molar-refractivity contribution is -0.118. The minimum Gasteiger partial charge on any atom is -0.324 e. The van der Waals surface area contributed by atoms with Crippen LogP contribution in [0.1, 0.15) is 29.6 Å². The molecular formula is C23H21FN2OS. The predicted octanol–water partition coefficient (Wildman–Crippen LogP) is 5.33. The molecule has 2 atom stereocenters. The highest BCUT2D eigenvalue weighted by Gasteiger charge is 2.27. The Morgan fingerprint density at radius 1 is 0.964 bits per heavy atom. The van der Waals surface area contributed by atoms with Crippen molar-refractivity contribution in [1.82, 2.24) is 5.32 Å². The average Bonchev–Trinajstić information content (AvgIpc) is 2.74. The molecule has 2 N–H and O–H groups in total. The van der Waals surface area contributed by atoms with Gasteiger partial charge in [0, 0.05) is 16.6 Å². The van der Waals surface area contributed by atoms with Crippen LogP contribution in [0.5, 0.6) is 0 Å². The maximum absolute atomic E-state index is 13.2. The zero-order valence-electron chi connectivity index (χ0n) is 15.3. The Morgan fingerprint density at radius 3 is 2.46 bits per heavy atom. The number of nitrogens with one attached hydrogen (secondary N) is 2. The Morgan fingerprint density at radius 2 is 1.68 bits per heavy atom. The zero-order chi connectivity index (χ0) is 19.3. The number of amides is 1. The van der Waals surface area contributed by atoms with Gasteiger partial charge >= 0.3 is 0 Å². The topological polar surface area (TPSA) is 41.1 Å². The quantitative estimate of drug-likeness (QED) is 0.616. The molecule has 4 rings (SSSR count). The van der Waals surface area contributed by atoms with E-state index in [0.717, 1.165) is 17.7 Å². The van der Waals surface area contributed by atoms with Crippen molar-refractivity contribution in [3.8, 4) is 0 Å². The van der Waals surface area contributed by atoms with Crippen molar-refractivity contribution in [2.45, 2.75) is 23.4 Å². The van der Waals surface area contributed by atoms with Gasteiger partial charge < -0.3 is 5.32 Å². The van der Waals surface area contributed by atoms with Crippen molar-refractivity contribution in [2.75, 3.05) is 11.1 Å². The maximum atomic E-state index is 13.2. The van der Waals surface area contributed by atoms with Crippen molar-refractivity contribution < 1.29 is 9.18 Å². The normalized spacial score (nSPS) is 16.8. The summed E-state index contributed by atoms with van der Waals surface area (Å²) in [5, 5.41) is 6.47. The average molecular weight is 392 g/mol. The summed E-state index contributed by atoms with van der Waals surface area (Å²) in [5.41, 5.74) is 2.71. The number of rotatable bonds is 5. The fraction of sp³-hybridized carbons (Fsp3) is 0.174. The molecule has 5 heteroatoms. The fourth-order valence-corrected chi connectivity index (χ4v) is 4.56. The lowest BCUT2D eigenvalue weighted by atomic mass is 9.99. The van der Waals surface area contributed by atoms with E-state index < -0.39 is 6.04 Å². The lowest BCUT2D eigenvalue weighted by Crippen LogP contribution is -2.36. The molecule has 28 heavy (non-hydrogen) atoms. The number of benzene rings is 3. The first-order valence-corrected chi connectivity index (χ1v) is 10.3. The number of fused-ring (bicyclic) bond motifs is 1. The van der Waals surface area contributed by atoms with E-state index in [-0.39, 0.29) is 17.8 Å². The van der Waals surface area contributed by atoms with E-state index >= 15 is 0 Å². The minimum atomic E-state index is -0.507. The van der Waals surface area contributed by atoms with Crippen molar-refractivity contribution in [1.29, 1.82) is 0 Å². The third-order valence-corrected chi connectivity index (χ3v) is 5.96. The van der Waals surface area contributed by atoms with E-state index in [9.17, 15) is 9.18 Å². The second-order valence-electron chi connectivity index (χ2n) is 6.73. The molecule has 1 aliphatic heterocycles. The van der Waals surface area contributed by atoms with E-state index in [1.165, 1.54) is 22.6 Å². The Kier molecular flexibility index (Phi) is 5.74. The summed E-state index contributed by atoms with van der Waals surface area (Å²) in [4.78, 5) is 14.4. The number of halogens is 1. The molecule has 0 aromatic heterocycles. The molecule has 0 radical (unpaired) electrons. The highest BCUT2D eigenvalue weighted by Crippen LogP contribution is 2.37. The van der Waals surface area contributed by atoms with Crippen LogP contribution in [-0.2, 0) is 4.79 Å². The molecule has 142 valence electrons. The summed E-state index contributed by atoms with van der Waals surface area (Å²) in [7, 11) is 0. The van der Waals surface area contributed by atoms with E-state index in [2.05, 4.69) is 22.8 Å². The van der Waals surface area contributed by atoms with Gasteiger partial charge in [-0.2, -0.15) is 0 Å². The summed E-state index contributed by atoms with van der Waals surface area (Å²) in [6.45, 7) is 0. The largest absolute Gasteiger partial charge is 0.324 e. The molecule has 3 nitrogen and oxygen atoms in total. The second kappa shape index (κ2) is 8.59. The van der Waals surface area contributed by atoms with E-state index in [1.807, 2.05) is 54.2 Å². The number of anilines is 1. The van der Waals surface area contributed by atoms with Gasteiger partial charge in [-0.3, -0.25) is 10.1 Å². The molecule has 0 spiro atoms. The molecule has 0 saturated carbocycles. The summed E-state index contributed by atoms with van der Waals surface area (Å²) in [6.07, 6.45) is 0.953. The van der Waals surface area contributed by atoms with Gasteiger partial charge in [0.25, 0.3) is 0 Å². The zero-order valence-corrected chi connectivity index (χ0v) is 16.1. The predicted molar refractivity (Wildman–Crippen MR) is 112 cm³/mol. The lowest BCUT2D eigenvalue weighted by Gasteiger charge is -2.30. The molecule has 1 heterocycles. The van der Waals surface area contributed by atoms with Gasteiger partial charge in [0.1, 0.15) is 11.9 Å². The van der Waals surface area contributed by atoms with Crippen molar-refractivity contribution in [3.63, 3.8) is 0 Å². The molecule has 0 unspecified atom stereocenters. The smallest absolute Gasteiger partial charge is 0.246 e. The molecule has 0 bridgehead atoms. The Labute approximate surface area is 168 Å². The number of thioether (sulfide) groups is 1. The second-order valence-corrected chi connectivity index (χ2v) is 7.87. The highest BCUT2D eigenvalue weighted by atomic mass is 32.2. The summed E-state index contributed by atoms with van der Waals surface area (Å²) in [5.74, 6) is 0.524. The Balaban J connectivity index is 1.60. The van der Waals surface area contributed by atoms with E-state index in [0.29, 0.717) is 5.69 Å². The fourth-order valence-electron chi connectivity index (χ4n) is 3.43. The van der Waals surface area contributed by atoms with Crippen LogP contribution >= 0.6 is 11.8 Å². The molecule has 3 aromatic carbocycles. The number of hydrogen-bond acceptors (Lipinski definition) is 3. The van der Waals surface area contributed by atoms with Crippen LogP contribution in [-0.4, -0.2) is 11.7 Å². The third kappa shape index (κ3) is 4.26. The molecule has 0 fully saturated rings. The monoisotopic (exact) mass is 392 g/mol. The van der Waals surface area contributed by atoms with Crippen LogP contribution in [0, 0.1) is 5.82 Å². The van der Waals surface area contributed by atoms with Crippen molar-refractivity contribution in [3.05, 3.63) is 95.8 Å². The molecular weight excluding hydrogens is 371 g/mol. The molecule has 0 aliphatic carbocycles. The van der Waals surface area contributed by atoms with E-state index in [4.69, 9.17) is 0 Å². The molecule has 1 amide bonds. The highest BCUT2D eigenvalue weighted by molar-refractivity contribution is 7.99. The Hall–Kier alpha value is -2.63. The summed E-state index contributed by atoms with van der Waals surface area (Å²) < 4.78 is 13.2. The van der Waals surface area contributed by atoms with E-state index in [1.54, 1.807) is 12.1 Å². The van der Waals surface area contributed by atoms with Gasteiger partial charge in [-0.1, -0.05) is 48.5 Å². The maximum Gasteiger partial charge on any atom is 0.246 e. The van der Waals surface area contributed by atoms with Crippen LogP contribution < -0.4 is 10.6 Å². The van der Waals surface area contributed by atoms with Crippen LogP contribution in [0.3, 0.4) is 0 Å². The van der Waals surface area contributed by atoms with Gasteiger partial charge in [-0.05, 0) is 53.6 Å². The number of carbonyl (C=O) groups is 1. The van der Waals surface area contributed by atoms with Crippen molar-refractivity contribution in [2.24, 2.45) is 0 Å². The molecule has 3 aromatic rings. The van der Waals surface area contributed by atoms with Gasteiger partial charge in [0.2, 0.25) is 5.91 Å². The standard InChI is InChI=1S/C23H21FN2OS/c24-17-10-12-18(13-11-17)25-23(27)22(16-6-2-1-3-7-16)26-20-14-15-28-21-9-5-4-8-19(20)21/h1-13,20,22,26H,14-15H2,(H,25,27)/t20-,22-/m1/s1. The molecule has 1 aliphatic rings. The SMILES string of the molecule is O=C(Nc1ccc(F)cc1)[C@H](N[C@@H]1CCSc2ccccc21)c1ccccc1. The summed E-state index contributed by atoms with van der Waals surface area (Å²) >= 11 is 1.85. The van der Waals surface area contributed by atoms with Crippen molar-refractivity contribution >= 4 is 23.4 Å². The number of hydrogen-bond donors (Lipinski definition) is 2. The van der Waals surface area contributed by atoms with Crippen LogP contribution in [0.15, 0.2) is 83.8 Å². The number of carbonyl (C=O) groups excluding carboxylic acids is 1. The van der Waals surface area contributed by atoms with Gasteiger partial charge in [-0.25, -0.2) is 4.39 Å². The first kappa shape index (κ1) is 18.7. The van der Waals surface area contributed by atoms with Gasteiger partial charge in [-0.15, -0.1) is 11.8 Å². The van der Waals surface area contributed by atoms with Crippen LogP contribution in [0.25, 0.3) is 0 Å². The first-order chi connectivity index (χ1) is 13.7. The van der Waals surface area contributed by atoms with Gasteiger partial charge in [0.15, 0.2) is 0 Å². The van der Waals surface area contributed by atoms with Crippen LogP contribution in [0.2, 0.25) is 0 Å². The Bertz CT molecular complexity index is 946. The van der Waals surface area contributed by atoms with Gasteiger partial charge in [0.05, 0.1) is 0 Å². The van der Waals surface area contributed by atoms with Crippen LogP contribution in [0.4, 0.5) is 10.1 Å². The first-order valence-electron chi connectivity index (χ1n) is 9.30.